The van der Waals surface area contributed by atoms with Crippen LogP contribution in [-0.4, -0.2) is 61.0 Å². The highest BCUT2D eigenvalue weighted by atomic mass is 32.2. The monoisotopic (exact) mass is 497 g/mol. The minimum Gasteiger partial charge on any atom is -0.353 e. The van der Waals surface area contributed by atoms with Crippen LogP contribution in [0, 0.1) is 17.8 Å². The first-order valence-corrected chi connectivity index (χ1v) is 15.2. The van der Waals surface area contributed by atoms with Crippen molar-refractivity contribution in [1.82, 2.24) is 15.7 Å². The Morgan fingerprint density at radius 2 is 1.62 bits per heavy atom. The topological polar surface area (TPSA) is 105 Å². The number of rotatable bonds is 9. The largest absolute Gasteiger partial charge is 0.353 e. The highest BCUT2D eigenvalue weighted by molar-refractivity contribution is 7.92. The zero-order valence-electron chi connectivity index (χ0n) is 20.8. The summed E-state index contributed by atoms with van der Waals surface area (Å²) in [5.74, 6) is 1.30. The number of carbonyl (C=O) groups excluding carboxylic acids is 2. The molecular formula is C25H43N3O5S. The summed E-state index contributed by atoms with van der Waals surface area (Å²) < 4.78 is 25.1. The van der Waals surface area contributed by atoms with Gasteiger partial charge < -0.3 is 10.2 Å². The highest BCUT2D eigenvalue weighted by Crippen LogP contribution is 2.36. The van der Waals surface area contributed by atoms with Crippen LogP contribution in [0.25, 0.3) is 0 Å². The Balaban J connectivity index is 1.15. The number of nitrogens with zero attached hydrogens (tertiary/aromatic N) is 1. The zero-order chi connectivity index (χ0) is 24.3. The second kappa shape index (κ2) is 11.2. The summed E-state index contributed by atoms with van der Waals surface area (Å²) in [6.45, 7) is 4.68. The van der Waals surface area contributed by atoms with Crippen molar-refractivity contribution >= 4 is 21.7 Å². The molecule has 34 heavy (non-hydrogen) atoms. The van der Waals surface area contributed by atoms with Crippen molar-refractivity contribution in [3.63, 3.8) is 0 Å². The highest BCUT2D eigenvalue weighted by Gasteiger charge is 2.37. The van der Waals surface area contributed by atoms with Crippen molar-refractivity contribution in [3.05, 3.63) is 0 Å². The van der Waals surface area contributed by atoms with Gasteiger partial charge in [-0.1, -0.05) is 0 Å². The third-order valence-corrected chi connectivity index (χ3v) is 10.7. The maximum absolute atomic E-state index is 13.1. The van der Waals surface area contributed by atoms with Gasteiger partial charge >= 0.3 is 0 Å². The van der Waals surface area contributed by atoms with Gasteiger partial charge in [-0.2, -0.15) is 5.48 Å². The number of amides is 2. The lowest BCUT2D eigenvalue weighted by Crippen LogP contribution is -2.46. The molecule has 2 N–H and O–H groups in total. The summed E-state index contributed by atoms with van der Waals surface area (Å²) in [5, 5.41) is 2.99. The molecule has 1 aliphatic heterocycles. The smallest absolute Gasteiger partial charge is 0.227 e. The second-order valence-corrected chi connectivity index (χ2v) is 13.5. The fraction of sp³-hybridized carbons (Fsp3) is 0.920. The van der Waals surface area contributed by atoms with Crippen LogP contribution in [0.1, 0.15) is 90.9 Å². The molecule has 4 rings (SSSR count). The number of hydrogen-bond donors (Lipinski definition) is 2. The van der Waals surface area contributed by atoms with E-state index in [0.717, 1.165) is 57.8 Å². The summed E-state index contributed by atoms with van der Waals surface area (Å²) in [7, 11) is -2.97. The second-order valence-electron chi connectivity index (χ2n) is 11.2. The normalized spacial score (nSPS) is 34.5. The first kappa shape index (κ1) is 25.9. The van der Waals surface area contributed by atoms with Crippen molar-refractivity contribution in [2.24, 2.45) is 17.8 Å². The average Bonchev–Trinajstić information content (AvgIpc) is 3.51. The van der Waals surface area contributed by atoms with Gasteiger partial charge in [0.25, 0.3) is 0 Å². The third kappa shape index (κ3) is 6.72. The van der Waals surface area contributed by atoms with Gasteiger partial charge in [0.05, 0.1) is 11.0 Å². The Morgan fingerprint density at radius 3 is 2.18 bits per heavy atom. The molecule has 3 aliphatic carbocycles. The van der Waals surface area contributed by atoms with Gasteiger partial charge in [0.2, 0.25) is 11.8 Å². The predicted octanol–water partition coefficient (Wildman–Crippen LogP) is 2.92. The molecule has 0 aromatic heterocycles. The standard InChI is InChI=1S/C25H43N3O5S/c1-3-28(24-14-17(2)27-33-24)25(30)20-8-10-21(11-9-20)26-23(29)15-18-6-12-22(13-7-18)34(31,32)16-19-4-5-19/h17-22,24,27H,3-16H2,1-2H3,(H,26,29). The molecule has 4 aliphatic rings. The molecule has 2 unspecified atom stereocenters. The Morgan fingerprint density at radius 1 is 0.971 bits per heavy atom. The van der Waals surface area contributed by atoms with Crippen molar-refractivity contribution in [2.45, 2.75) is 114 Å². The SMILES string of the molecule is CCN(C(=O)C1CCC(NC(=O)CC2CCC(S(=O)(=O)CC3CC3)CC2)CC1)C1CC(C)NO1. The van der Waals surface area contributed by atoms with E-state index in [1.807, 2.05) is 11.8 Å². The summed E-state index contributed by atoms with van der Waals surface area (Å²) in [6, 6.07) is 0.381. The van der Waals surface area contributed by atoms with Crippen molar-refractivity contribution in [3.8, 4) is 0 Å². The maximum atomic E-state index is 13.1. The molecule has 0 bridgehead atoms. The molecule has 1 heterocycles. The minimum atomic E-state index is -2.97. The van der Waals surface area contributed by atoms with Gasteiger partial charge in [0, 0.05) is 37.4 Å². The molecule has 1 saturated heterocycles. The van der Waals surface area contributed by atoms with Crippen molar-refractivity contribution in [1.29, 1.82) is 0 Å². The summed E-state index contributed by atoms with van der Waals surface area (Å²) in [6.07, 6.45) is 9.52. The van der Waals surface area contributed by atoms with Gasteiger partial charge in [0.15, 0.2) is 16.1 Å². The van der Waals surface area contributed by atoms with E-state index in [1.54, 1.807) is 0 Å². The van der Waals surface area contributed by atoms with Gasteiger partial charge in [-0.25, -0.2) is 8.42 Å². The van der Waals surface area contributed by atoms with Gasteiger partial charge in [-0.05, 0) is 89.9 Å². The van der Waals surface area contributed by atoms with Crippen LogP contribution in [0.5, 0.6) is 0 Å². The van der Waals surface area contributed by atoms with Crippen LogP contribution < -0.4 is 10.8 Å². The minimum absolute atomic E-state index is 0.000439. The lowest BCUT2D eigenvalue weighted by Gasteiger charge is -2.34. The van der Waals surface area contributed by atoms with E-state index in [0.29, 0.717) is 37.5 Å². The molecule has 3 saturated carbocycles. The van der Waals surface area contributed by atoms with E-state index < -0.39 is 9.84 Å². The quantitative estimate of drug-likeness (QED) is 0.508. The molecule has 8 nitrogen and oxygen atoms in total. The number of hydroxylamine groups is 1. The number of hydrogen-bond acceptors (Lipinski definition) is 6. The fourth-order valence-corrected chi connectivity index (χ4v) is 8.25. The lowest BCUT2D eigenvalue weighted by molar-refractivity contribution is -0.151. The molecule has 0 aromatic carbocycles. The van der Waals surface area contributed by atoms with Crippen LogP contribution >= 0.6 is 0 Å². The molecule has 194 valence electrons. The number of sulfone groups is 1. The van der Waals surface area contributed by atoms with Crippen LogP contribution in [0.15, 0.2) is 0 Å². The summed E-state index contributed by atoms with van der Waals surface area (Å²) >= 11 is 0. The van der Waals surface area contributed by atoms with Crippen molar-refractivity contribution in [2.75, 3.05) is 12.3 Å². The van der Waals surface area contributed by atoms with E-state index in [9.17, 15) is 18.0 Å². The maximum Gasteiger partial charge on any atom is 0.227 e. The Hall–Kier alpha value is -1.19. The fourth-order valence-electron chi connectivity index (χ4n) is 6.00. The van der Waals surface area contributed by atoms with E-state index in [4.69, 9.17) is 4.84 Å². The van der Waals surface area contributed by atoms with Gasteiger partial charge in [-0.15, -0.1) is 0 Å². The van der Waals surface area contributed by atoms with E-state index in [1.165, 1.54) is 0 Å². The molecule has 9 heteroatoms. The van der Waals surface area contributed by atoms with Crippen LogP contribution in [-0.2, 0) is 24.3 Å². The average molecular weight is 498 g/mol. The molecule has 0 radical (unpaired) electrons. The van der Waals surface area contributed by atoms with E-state index >= 15 is 0 Å². The molecule has 2 amide bonds. The molecule has 0 spiro atoms. The summed E-state index contributed by atoms with van der Waals surface area (Å²) in [5.41, 5.74) is 2.95. The molecule has 2 atom stereocenters. The zero-order valence-corrected chi connectivity index (χ0v) is 21.7. The van der Waals surface area contributed by atoms with Gasteiger partial charge in [-0.3, -0.25) is 14.4 Å². The lowest BCUT2D eigenvalue weighted by atomic mass is 9.84. The summed E-state index contributed by atoms with van der Waals surface area (Å²) in [4.78, 5) is 33.2. The molecular weight excluding hydrogens is 454 g/mol. The molecule has 0 aromatic rings. The van der Waals surface area contributed by atoms with Gasteiger partial charge in [0.1, 0.15) is 0 Å². The first-order chi connectivity index (χ1) is 16.2. The number of carbonyl (C=O) groups is 2. The van der Waals surface area contributed by atoms with Crippen molar-refractivity contribution < 1.29 is 22.8 Å². The van der Waals surface area contributed by atoms with Crippen LogP contribution in [0.4, 0.5) is 0 Å². The van der Waals surface area contributed by atoms with E-state index in [-0.39, 0.29) is 47.2 Å². The van der Waals surface area contributed by atoms with Crippen LogP contribution in [0.2, 0.25) is 0 Å². The first-order valence-electron chi connectivity index (χ1n) is 13.5. The van der Waals surface area contributed by atoms with Crippen LogP contribution in [0.3, 0.4) is 0 Å². The predicted molar refractivity (Wildman–Crippen MR) is 130 cm³/mol. The Bertz CT molecular complexity index is 814. The Labute approximate surface area is 204 Å². The molecule has 4 fully saturated rings. The third-order valence-electron chi connectivity index (χ3n) is 8.31. The number of nitrogens with one attached hydrogen (secondary N) is 2. The Kier molecular flexibility index (Phi) is 8.57. The van der Waals surface area contributed by atoms with E-state index in [2.05, 4.69) is 17.7 Å².